The number of aryl methyl sites for hydroxylation is 1. The van der Waals surface area contributed by atoms with E-state index in [0.29, 0.717) is 6.54 Å². The fraction of sp³-hybridized carbons (Fsp3) is 0.214. The zero-order chi connectivity index (χ0) is 13.0. The van der Waals surface area contributed by atoms with Gasteiger partial charge in [-0.3, -0.25) is 0 Å². The molecule has 0 aliphatic heterocycles. The van der Waals surface area contributed by atoms with Gasteiger partial charge in [-0.1, -0.05) is 18.2 Å². The third-order valence-electron chi connectivity index (χ3n) is 2.86. The van der Waals surface area contributed by atoms with Crippen LogP contribution in [0.1, 0.15) is 16.0 Å². The molecular formula is C14H16N2OS. The zero-order valence-corrected chi connectivity index (χ0v) is 11.3. The van der Waals surface area contributed by atoms with Crippen LogP contribution in [-0.2, 0) is 6.54 Å². The molecule has 0 bridgehead atoms. The quantitative estimate of drug-likeness (QED) is 0.868. The molecule has 2 rings (SSSR count). The lowest BCUT2D eigenvalue weighted by Gasteiger charge is -2.07. The number of benzene rings is 1. The second kappa shape index (κ2) is 5.69. The second-order valence-electron chi connectivity index (χ2n) is 4.12. The van der Waals surface area contributed by atoms with Crippen molar-refractivity contribution in [3.63, 3.8) is 0 Å². The maximum absolute atomic E-state index is 11.7. The Labute approximate surface area is 111 Å². The predicted molar refractivity (Wildman–Crippen MR) is 76.1 cm³/mol. The molecule has 0 aliphatic carbocycles. The van der Waals surface area contributed by atoms with Crippen LogP contribution in [0, 0.1) is 13.8 Å². The second-order valence-corrected chi connectivity index (χ2v) is 5.20. The van der Waals surface area contributed by atoms with Gasteiger partial charge in [-0.05, 0) is 42.5 Å². The van der Waals surface area contributed by atoms with Crippen LogP contribution in [0.4, 0.5) is 10.5 Å². The average molecular weight is 260 g/mol. The van der Waals surface area contributed by atoms with Crippen molar-refractivity contribution in [2.45, 2.75) is 20.4 Å². The van der Waals surface area contributed by atoms with Crippen LogP contribution in [0.25, 0.3) is 0 Å². The van der Waals surface area contributed by atoms with Gasteiger partial charge in [0.1, 0.15) is 0 Å². The van der Waals surface area contributed by atoms with Crippen LogP contribution in [-0.4, -0.2) is 6.03 Å². The van der Waals surface area contributed by atoms with Gasteiger partial charge in [0, 0.05) is 17.1 Å². The molecule has 18 heavy (non-hydrogen) atoms. The van der Waals surface area contributed by atoms with Gasteiger partial charge >= 0.3 is 6.03 Å². The first-order valence-corrected chi connectivity index (χ1v) is 6.68. The van der Waals surface area contributed by atoms with Crippen molar-refractivity contribution in [2.24, 2.45) is 0 Å². The molecule has 2 amide bonds. The molecule has 2 N–H and O–H groups in total. The van der Waals surface area contributed by atoms with Crippen LogP contribution in [0.5, 0.6) is 0 Å². The van der Waals surface area contributed by atoms with Gasteiger partial charge in [0.15, 0.2) is 0 Å². The molecule has 1 aromatic heterocycles. The summed E-state index contributed by atoms with van der Waals surface area (Å²) in [6.07, 6.45) is 0. The van der Waals surface area contributed by atoms with E-state index in [-0.39, 0.29) is 6.03 Å². The molecule has 4 heteroatoms. The smallest absolute Gasteiger partial charge is 0.319 e. The van der Waals surface area contributed by atoms with Gasteiger partial charge in [0.05, 0.1) is 0 Å². The first-order chi connectivity index (χ1) is 8.66. The van der Waals surface area contributed by atoms with Crippen LogP contribution in [0.15, 0.2) is 35.7 Å². The number of hydrogen-bond donors (Lipinski definition) is 2. The molecule has 0 aliphatic rings. The lowest BCUT2D eigenvalue weighted by Crippen LogP contribution is -2.28. The van der Waals surface area contributed by atoms with Gasteiger partial charge in [-0.2, -0.15) is 0 Å². The molecule has 0 saturated heterocycles. The van der Waals surface area contributed by atoms with Gasteiger partial charge < -0.3 is 10.6 Å². The molecule has 94 valence electrons. The number of para-hydroxylation sites is 1. The fourth-order valence-corrected chi connectivity index (χ4v) is 2.50. The third kappa shape index (κ3) is 3.11. The summed E-state index contributed by atoms with van der Waals surface area (Å²) in [7, 11) is 0. The number of carbonyl (C=O) groups excluding carboxylic acids is 1. The number of hydrogen-bond acceptors (Lipinski definition) is 2. The summed E-state index contributed by atoms with van der Waals surface area (Å²) in [5, 5.41) is 7.74. The van der Waals surface area contributed by atoms with Crippen LogP contribution in [0.2, 0.25) is 0 Å². The molecule has 0 saturated carbocycles. The summed E-state index contributed by atoms with van der Waals surface area (Å²) in [5.41, 5.74) is 3.24. The van der Waals surface area contributed by atoms with E-state index >= 15 is 0 Å². The molecule has 0 atom stereocenters. The highest BCUT2D eigenvalue weighted by molar-refractivity contribution is 7.10. The van der Waals surface area contributed by atoms with Gasteiger partial charge in [-0.15, -0.1) is 11.3 Å². The van der Waals surface area contributed by atoms with E-state index in [1.54, 1.807) is 11.3 Å². The minimum Gasteiger partial charge on any atom is -0.334 e. The summed E-state index contributed by atoms with van der Waals surface area (Å²) in [6.45, 7) is 4.74. The molecule has 1 heterocycles. The molecule has 0 fully saturated rings. The highest BCUT2D eigenvalue weighted by Crippen LogP contribution is 2.20. The number of amides is 2. The normalized spacial score (nSPS) is 10.1. The Morgan fingerprint density at radius 1 is 1.22 bits per heavy atom. The number of rotatable bonds is 3. The zero-order valence-electron chi connectivity index (χ0n) is 10.5. The van der Waals surface area contributed by atoms with E-state index in [4.69, 9.17) is 0 Å². The highest BCUT2D eigenvalue weighted by atomic mass is 32.1. The third-order valence-corrected chi connectivity index (χ3v) is 3.92. The minimum atomic E-state index is -0.176. The molecule has 0 radical (unpaired) electrons. The largest absolute Gasteiger partial charge is 0.334 e. The summed E-state index contributed by atoms with van der Waals surface area (Å²) >= 11 is 1.71. The maximum atomic E-state index is 11.7. The fourth-order valence-electron chi connectivity index (χ4n) is 1.61. The van der Waals surface area contributed by atoms with Crippen molar-refractivity contribution in [1.82, 2.24) is 5.32 Å². The minimum absolute atomic E-state index is 0.176. The van der Waals surface area contributed by atoms with Gasteiger partial charge in [0.25, 0.3) is 0 Å². The van der Waals surface area contributed by atoms with Gasteiger partial charge in [0.2, 0.25) is 0 Å². The van der Waals surface area contributed by atoms with Crippen molar-refractivity contribution < 1.29 is 4.79 Å². The first kappa shape index (κ1) is 12.6. The van der Waals surface area contributed by atoms with E-state index in [9.17, 15) is 4.79 Å². The average Bonchev–Trinajstić information content (AvgIpc) is 2.69. The number of carbonyl (C=O) groups is 1. The van der Waals surface area contributed by atoms with Crippen LogP contribution in [0.3, 0.4) is 0 Å². The van der Waals surface area contributed by atoms with E-state index in [0.717, 1.165) is 5.69 Å². The lowest BCUT2D eigenvalue weighted by atomic mass is 10.2. The highest BCUT2D eigenvalue weighted by Gasteiger charge is 2.06. The van der Waals surface area contributed by atoms with Crippen LogP contribution >= 0.6 is 11.3 Å². The number of anilines is 1. The Morgan fingerprint density at radius 3 is 2.56 bits per heavy atom. The Hall–Kier alpha value is -1.81. The topological polar surface area (TPSA) is 41.1 Å². The number of nitrogens with one attached hydrogen (secondary N) is 2. The van der Waals surface area contributed by atoms with E-state index < -0.39 is 0 Å². The monoisotopic (exact) mass is 260 g/mol. The molecule has 2 aromatic rings. The number of thiophene rings is 1. The molecular weight excluding hydrogens is 244 g/mol. The summed E-state index contributed by atoms with van der Waals surface area (Å²) in [4.78, 5) is 13.0. The summed E-state index contributed by atoms with van der Waals surface area (Å²) < 4.78 is 0. The molecule has 0 spiro atoms. The number of urea groups is 1. The maximum Gasteiger partial charge on any atom is 0.319 e. The SMILES string of the molecule is Cc1scc(CNC(=O)Nc2ccccc2)c1C. The Balaban J connectivity index is 1.87. The van der Waals surface area contributed by atoms with Crippen molar-refractivity contribution >= 4 is 23.1 Å². The van der Waals surface area contributed by atoms with Crippen molar-refractivity contribution in [3.05, 3.63) is 51.7 Å². The molecule has 3 nitrogen and oxygen atoms in total. The lowest BCUT2D eigenvalue weighted by molar-refractivity contribution is 0.251. The predicted octanol–water partition coefficient (Wildman–Crippen LogP) is 3.69. The van der Waals surface area contributed by atoms with E-state index in [2.05, 4.69) is 29.9 Å². The van der Waals surface area contributed by atoms with Crippen LogP contribution < -0.4 is 10.6 Å². The standard InChI is InChI=1S/C14H16N2OS/c1-10-11(2)18-9-12(10)8-15-14(17)16-13-6-4-3-5-7-13/h3-7,9H,8H2,1-2H3,(H2,15,16,17). The van der Waals surface area contributed by atoms with E-state index in [1.807, 2.05) is 30.3 Å². The Kier molecular flexibility index (Phi) is 3.99. The van der Waals surface area contributed by atoms with Crippen molar-refractivity contribution in [3.8, 4) is 0 Å². The van der Waals surface area contributed by atoms with Crippen molar-refractivity contribution in [2.75, 3.05) is 5.32 Å². The molecule has 0 unspecified atom stereocenters. The Morgan fingerprint density at radius 2 is 1.94 bits per heavy atom. The molecule has 1 aromatic carbocycles. The van der Waals surface area contributed by atoms with Gasteiger partial charge in [-0.25, -0.2) is 4.79 Å². The Bertz CT molecular complexity index is 534. The first-order valence-electron chi connectivity index (χ1n) is 5.80. The van der Waals surface area contributed by atoms with Crippen molar-refractivity contribution in [1.29, 1.82) is 0 Å². The summed E-state index contributed by atoms with van der Waals surface area (Å²) in [5.74, 6) is 0. The van der Waals surface area contributed by atoms with E-state index in [1.165, 1.54) is 16.0 Å². The summed E-state index contributed by atoms with van der Waals surface area (Å²) in [6, 6.07) is 9.24.